The first-order valence-corrected chi connectivity index (χ1v) is 10.1. The highest BCUT2D eigenvalue weighted by atomic mass is 32.2. The number of hydrogen-bond acceptors (Lipinski definition) is 3. The molecule has 1 saturated carbocycles. The molecule has 7 heteroatoms. The number of hydrogen-bond donors (Lipinski definition) is 2. The molecule has 0 unspecified atom stereocenters. The van der Waals surface area contributed by atoms with E-state index in [0.717, 1.165) is 43.4 Å². The van der Waals surface area contributed by atoms with Crippen molar-refractivity contribution in [2.24, 2.45) is 0 Å². The lowest BCUT2D eigenvalue weighted by Gasteiger charge is -2.12. The Morgan fingerprint density at radius 3 is 2.23 bits per heavy atom. The van der Waals surface area contributed by atoms with Crippen LogP contribution < -0.4 is 10.0 Å². The van der Waals surface area contributed by atoms with Gasteiger partial charge in [-0.2, -0.15) is 0 Å². The van der Waals surface area contributed by atoms with Crippen LogP contribution in [-0.4, -0.2) is 20.4 Å². The number of carbonyl (C=O) groups is 1. The third-order valence-electron chi connectivity index (χ3n) is 4.50. The lowest BCUT2D eigenvalue weighted by molar-refractivity contribution is 0.0938. The molecule has 5 nitrogen and oxygen atoms in total. The zero-order chi connectivity index (χ0) is 18.6. The highest BCUT2D eigenvalue weighted by Gasteiger charge is 2.18. The van der Waals surface area contributed by atoms with E-state index in [1.54, 1.807) is 24.3 Å². The molecule has 1 aliphatic rings. The van der Waals surface area contributed by atoms with Crippen molar-refractivity contribution in [1.82, 2.24) is 10.0 Å². The SMILES string of the molecule is O=C(NC1CCCC1)c1ccc(CNS(=O)(=O)c2ccc(F)cc2)cc1. The van der Waals surface area contributed by atoms with Crippen LogP contribution in [0.15, 0.2) is 53.4 Å². The summed E-state index contributed by atoms with van der Waals surface area (Å²) >= 11 is 0. The van der Waals surface area contributed by atoms with Gasteiger partial charge in [-0.25, -0.2) is 17.5 Å². The van der Waals surface area contributed by atoms with E-state index < -0.39 is 15.8 Å². The maximum absolute atomic E-state index is 12.9. The molecule has 2 aromatic rings. The van der Waals surface area contributed by atoms with E-state index in [2.05, 4.69) is 10.0 Å². The van der Waals surface area contributed by atoms with Crippen LogP contribution in [0.4, 0.5) is 4.39 Å². The lowest BCUT2D eigenvalue weighted by Crippen LogP contribution is -2.32. The van der Waals surface area contributed by atoms with Crippen LogP contribution >= 0.6 is 0 Å². The van der Waals surface area contributed by atoms with Gasteiger partial charge in [-0.3, -0.25) is 4.79 Å². The predicted octanol–water partition coefficient (Wildman–Crippen LogP) is 2.98. The molecule has 1 aliphatic carbocycles. The fraction of sp³-hybridized carbons (Fsp3) is 0.316. The van der Waals surface area contributed by atoms with Crippen molar-refractivity contribution in [2.75, 3.05) is 0 Å². The molecule has 0 spiro atoms. The normalized spacial score (nSPS) is 15.1. The Morgan fingerprint density at radius 1 is 1.00 bits per heavy atom. The number of halogens is 1. The van der Waals surface area contributed by atoms with E-state index >= 15 is 0 Å². The predicted molar refractivity (Wildman–Crippen MR) is 96.6 cm³/mol. The zero-order valence-electron chi connectivity index (χ0n) is 14.2. The summed E-state index contributed by atoms with van der Waals surface area (Å²) in [5.41, 5.74) is 1.29. The second kappa shape index (κ2) is 7.97. The Hall–Kier alpha value is -2.25. The van der Waals surface area contributed by atoms with Gasteiger partial charge in [0.25, 0.3) is 5.91 Å². The van der Waals surface area contributed by atoms with Crippen LogP contribution in [0.3, 0.4) is 0 Å². The molecule has 0 atom stereocenters. The van der Waals surface area contributed by atoms with Crippen molar-refractivity contribution in [3.63, 3.8) is 0 Å². The van der Waals surface area contributed by atoms with Crippen LogP contribution in [0.1, 0.15) is 41.6 Å². The van der Waals surface area contributed by atoms with Gasteiger partial charge in [0.15, 0.2) is 0 Å². The number of sulfonamides is 1. The summed E-state index contributed by atoms with van der Waals surface area (Å²) < 4.78 is 39.8. The van der Waals surface area contributed by atoms with Gasteiger partial charge in [-0.1, -0.05) is 25.0 Å². The minimum Gasteiger partial charge on any atom is -0.349 e. The molecule has 0 radical (unpaired) electrons. The van der Waals surface area contributed by atoms with Crippen molar-refractivity contribution >= 4 is 15.9 Å². The average Bonchev–Trinajstić information content (AvgIpc) is 3.14. The van der Waals surface area contributed by atoms with E-state index in [0.29, 0.717) is 5.56 Å². The van der Waals surface area contributed by atoms with Gasteiger partial charge in [-0.05, 0) is 54.8 Å². The van der Waals surface area contributed by atoms with Gasteiger partial charge in [0.1, 0.15) is 5.82 Å². The smallest absolute Gasteiger partial charge is 0.251 e. The maximum Gasteiger partial charge on any atom is 0.251 e. The quantitative estimate of drug-likeness (QED) is 0.814. The van der Waals surface area contributed by atoms with Crippen molar-refractivity contribution in [2.45, 2.75) is 43.2 Å². The standard InChI is InChI=1S/C19H21FN2O3S/c20-16-9-11-18(12-10-16)26(24,25)21-13-14-5-7-15(8-6-14)19(23)22-17-3-1-2-4-17/h5-12,17,21H,1-4,13H2,(H,22,23). The summed E-state index contributed by atoms with van der Waals surface area (Å²) in [4.78, 5) is 12.2. The average molecular weight is 376 g/mol. The maximum atomic E-state index is 12.9. The van der Waals surface area contributed by atoms with Crippen LogP contribution in [0, 0.1) is 5.82 Å². The molecule has 1 fully saturated rings. The third-order valence-corrected chi connectivity index (χ3v) is 5.91. The summed E-state index contributed by atoms with van der Waals surface area (Å²) in [6.07, 6.45) is 4.35. The Balaban J connectivity index is 1.58. The summed E-state index contributed by atoms with van der Waals surface area (Å²) in [6, 6.07) is 11.7. The van der Waals surface area contributed by atoms with E-state index in [1.807, 2.05) is 0 Å². The van der Waals surface area contributed by atoms with Gasteiger partial charge in [0, 0.05) is 18.2 Å². The summed E-state index contributed by atoms with van der Waals surface area (Å²) in [5.74, 6) is -0.592. The first kappa shape index (κ1) is 18.5. The summed E-state index contributed by atoms with van der Waals surface area (Å²) in [6.45, 7) is 0.0875. The molecule has 2 aromatic carbocycles. The van der Waals surface area contributed by atoms with Crippen LogP contribution in [0.25, 0.3) is 0 Å². The summed E-state index contributed by atoms with van der Waals surface area (Å²) in [5, 5.41) is 3.02. The number of carbonyl (C=O) groups excluding carboxylic acids is 1. The van der Waals surface area contributed by atoms with Gasteiger partial charge in [0.05, 0.1) is 4.90 Å². The number of rotatable bonds is 6. The molecular formula is C19H21FN2O3S. The number of benzene rings is 2. The monoisotopic (exact) mass is 376 g/mol. The lowest BCUT2D eigenvalue weighted by atomic mass is 10.1. The molecule has 2 N–H and O–H groups in total. The third kappa shape index (κ3) is 4.68. The highest BCUT2D eigenvalue weighted by molar-refractivity contribution is 7.89. The van der Waals surface area contributed by atoms with Crippen molar-refractivity contribution in [3.05, 3.63) is 65.5 Å². The van der Waals surface area contributed by atoms with Crippen molar-refractivity contribution < 1.29 is 17.6 Å². The molecule has 26 heavy (non-hydrogen) atoms. The molecule has 0 aromatic heterocycles. The molecule has 1 amide bonds. The van der Waals surface area contributed by atoms with Crippen molar-refractivity contribution in [3.8, 4) is 0 Å². The van der Waals surface area contributed by atoms with Gasteiger partial charge in [-0.15, -0.1) is 0 Å². The number of amides is 1. The molecule has 3 rings (SSSR count). The van der Waals surface area contributed by atoms with E-state index in [9.17, 15) is 17.6 Å². The molecule has 138 valence electrons. The Bertz CT molecular complexity index is 859. The highest BCUT2D eigenvalue weighted by Crippen LogP contribution is 2.18. The Labute approximate surface area is 152 Å². The van der Waals surface area contributed by atoms with E-state index in [-0.39, 0.29) is 23.4 Å². The zero-order valence-corrected chi connectivity index (χ0v) is 15.1. The van der Waals surface area contributed by atoms with E-state index in [4.69, 9.17) is 0 Å². The minimum atomic E-state index is -3.71. The fourth-order valence-electron chi connectivity index (χ4n) is 2.99. The Morgan fingerprint density at radius 2 is 1.62 bits per heavy atom. The second-order valence-electron chi connectivity index (χ2n) is 6.43. The molecular weight excluding hydrogens is 355 g/mol. The first-order valence-electron chi connectivity index (χ1n) is 8.59. The van der Waals surface area contributed by atoms with Gasteiger partial charge < -0.3 is 5.32 Å². The topological polar surface area (TPSA) is 75.3 Å². The van der Waals surface area contributed by atoms with Crippen molar-refractivity contribution in [1.29, 1.82) is 0 Å². The minimum absolute atomic E-state index is 0.00598. The fourth-order valence-corrected chi connectivity index (χ4v) is 4.01. The second-order valence-corrected chi connectivity index (χ2v) is 8.20. The van der Waals surface area contributed by atoms with Crippen LogP contribution in [-0.2, 0) is 16.6 Å². The molecule has 0 aliphatic heterocycles. The first-order chi connectivity index (χ1) is 12.4. The van der Waals surface area contributed by atoms with Crippen LogP contribution in [0.5, 0.6) is 0 Å². The van der Waals surface area contributed by atoms with Gasteiger partial charge >= 0.3 is 0 Å². The van der Waals surface area contributed by atoms with Gasteiger partial charge in [0.2, 0.25) is 10.0 Å². The number of nitrogens with one attached hydrogen (secondary N) is 2. The summed E-state index contributed by atoms with van der Waals surface area (Å²) in [7, 11) is -3.71. The van der Waals surface area contributed by atoms with Crippen LogP contribution in [0.2, 0.25) is 0 Å². The molecule has 0 bridgehead atoms. The Kier molecular flexibility index (Phi) is 5.68. The molecule has 0 saturated heterocycles. The molecule has 0 heterocycles. The largest absolute Gasteiger partial charge is 0.349 e. The van der Waals surface area contributed by atoms with E-state index in [1.165, 1.54) is 12.1 Å².